The fourth-order valence-electron chi connectivity index (χ4n) is 2.32. The lowest BCUT2D eigenvalue weighted by atomic mass is 9.92. The van der Waals surface area contributed by atoms with Crippen LogP contribution >= 0.6 is 11.6 Å². The van der Waals surface area contributed by atoms with E-state index < -0.39 is 0 Å². The quantitative estimate of drug-likeness (QED) is 0.918. The first-order valence-corrected chi connectivity index (χ1v) is 7.13. The van der Waals surface area contributed by atoms with Crippen molar-refractivity contribution < 1.29 is 9.63 Å². The van der Waals surface area contributed by atoms with Crippen LogP contribution in [-0.4, -0.2) is 34.4 Å². The van der Waals surface area contributed by atoms with Crippen LogP contribution in [0.15, 0.2) is 28.8 Å². The topological polar surface area (TPSA) is 62.4 Å². The molecule has 1 aliphatic rings. The fourth-order valence-corrected chi connectivity index (χ4v) is 2.51. The molecule has 1 saturated carbocycles. The maximum absolute atomic E-state index is 9.18. The van der Waals surface area contributed by atoms with E-state index in [9.17, 15) is 5.11 Å². The summed E-state index contributed by atoms with van der Waals surface area (Å²) < 4.78 is 5.34. The van der Waals surface area contributed by atoms with Crippen LogP contribution in [0.4, 0.5) is 6.01 Å². The van der Waals surface area contributed by atoms with Gasteiger partial charge < -0.3 is 14.5 Å². The molecule has 6 heteroatoms. The second-order valence-electron chi connectivity index (χ2n) is 4.91. The molecule has 1 fully saturated rings. The van der Waals surface area contributed by atoms with E-state index in [1.807, 2.05) is 17.0 Å². The highest BCUT2D eigenvalue weighted by molar-refractivity contribution is 6.30. The van der Waals surface area contributed by atoms with Crippen LogP contribution in [0.1, 0.15) is 19.3 Å². The number of anilines is 1. The fraction of sp³-hybridized carbons (Fsp3) is 0.429. The van der Waals surface area contributed by atoms with Gasteiger partial charge in [0.05, 0.1) is 6.61 Å². The molecule has 0 atom stereocenters. The molecule has 0 spiro atoms. The lowest BCUT2D eigenvalue weighted by Gasteiger charge is -2.35. The van der Waals surface area contributed by atoms with Gasteiger partial charge >= 0.3 is 6.01 Å². The van der Waals surface area contributed by atoms with E-state index in [1.165, 1.54) is 6.42 Å². The van der Waals surface area contributed by atoms with E-state index >= 15 is 0 Å². The summed E-state index contributed by atoms with van der Waals surface area (Å²) in [6.45, 7) is 0.591. The maximum atomic E-state index is 9.18. The van der Waals surface area contributed by atoms with E-state index in [0.717, 1.165) is 18.4 Å². The molecule has 0 unspecified atom stereocenters. The van der Waals surface area contributed by atoms with Gasteiger partial charge in [-0.15, -0.1) is 0 Å². The van der Waals surface area contributed by atoms with E-state index in [4.69, 9.17) is 16.1 Å². The maximum Gasteiger partial charge on any atom is 0.324 e. The van der Waals surface area contributed by atoms with Gasteiger partial charge in [0.2, 0.25) is 5.82 Å². The van der Waals surface area contributed by atoms with Crippen molar-refractivity contribution in [2.45, 2.75) is 25.3 Å². The first kappa shape index (κ1) is 13.4. The number of hydrogen-bond acceptors (Lipinski definition) is 5. The number of hydrogen-bond donors (Lipinski definition) is 1. The molecule has 3 rings (SSSR count). The predicted molar refractivity (Wildman–Crippen MR) is 76.8 cm³/mol. The Morgan fingerprint density at radius 3 is 2.90 bits per heavy atom. The molecule has 0 saturated heterocycles. The number of aromatic nitrogens is 2. The standard InChI is InChI=1S/C14H16ClN3O2/c15-11-4-1-3-10(9-11)13-16-14(20-17-13)18(7-8-19)12-5-2-6-12/h1,3-4,9,12,19H,2,5-8H2. The van der Waals surface area contributed by atoms with Crippen LogP contribution in [0.5, 0.6) is 0 Å². The number of benzene rings is 1. The molecule has 0 bridgehead atoms. The van der Waals surface area contributed by atoms with Gasteiger partial charge in [-0.05, 0) is 31.4 Å². The third kappa shape index (κ3) is 2.64. The average molecular weight is 294 g/mol. The molecule has 106 valence electrons. The summed E-state index contributed by atoms with van der Waals surface area (Å²) in [5.41, 5.74) is 0.824. The highest BCUT2D eigenvalue weighted by Gasteiger charge is 2.28. The molecule has 0 radical (unpaired) electrons. The van der Waals surface area contributed by atoms with E-state index in [2.05, 4.69) is 10.1 Å². The molecule has 2 aromatic rings. The average Bonchev–Trinajstić information content (AvgIpc) is 2.85. The number of nitrogens with zero attached hydrogens (tertiary/aromatic N) is 3. The minimum absolute atomic E-state index is 0.0748. The third-order valence-corrected chi connectivity index (χ3v) is 3.84. The Morgan fingerprint density at radius 2 is 2.25 bits per heavy atom. The van der Waals surface area contributed by atoms with Crippen molar-refractivity contribution in [2.75, 3.05) is 18.1 Å². The van der Waals surface area contributed by atoms with Crippen LogP contribution in [0.25, 0.3) is 11.4 Å². The second kappa shape index (κ2) is 5.81. The molecule has 1 N–H and O–H groups in total. The van der Waals surface area contributed by atoms with Crippen molar-refractivity contribution in [3.05, 3.63) is 29.3 Å². The van der Waals surface area contributed by atoms with Crippen molar-refractivity contribution in [2.24, 2.45) is 0 Å². The Balaban J connectivity index is 1.84. The Kier molecular flexibility index (Phi) is 3.89. The molecular formula is C14H16ClN3O2. The van der Waals surface area contributed by atoms with Gasteiger partial charge in [-0.2, -0.15) is 4.98 Å². The van der Waals surface area contributed by atoms with Crippen LogP contribution in [0, 0.1) is 0 Å². The van der Waals surface area contributed by atoms with Gasteiger partial charge in [-0.25, -0.2) is 0 Å². The minimum atomic E-state index is 0.0748. The molecule has 20 heavy (non-hydrogen) atoms. The van der Waals surface area contributed by atoms with Gasteiger partial charge in [0, 0.05) is 23.2 Å². The van der Waals surface area contributed by atoms with Gasteiger partial charge in [0.1, 0.15) is 0 Å². The smallest absolute Gasteiger partial charge is 0.324 e. The summed E-state index contributed by atoms with van der Waals surface area (Å²) >= 11 is 5.97. The molecule has 1 aromatic carbocycles. The lowest BCUT2D eigenvalue weighted by Crippen LogP contribution is -2.42. The van der Waals surface area contributed by atoms with Crippen LogP contribution < -0.4 is 4.90 Å². The van der Waals surface area contributed by atoms with Crippen LogP contribution in [0.2, 0.25) is 5.02 Å². The summed E-state index contributed by atoms with van der Waals surface area (Å²) in [7, 11) is 0. The SMILES string of the molecule is OCCN(c1nc(-c2cccc(Cl)c2)no1)C1CCC1. The molecule has 5 nitrogen and oxygen atoms in total. The van der Waals surface area contributed by atoms with Gasteiger partial charge in [-0.3, -0.25) is 0 Å². The van der Waals surface area contributed by atoms with E-state index in [-0.39, 0.29) is 6.61 Å². The normalized spacial score (nSPS) is 15.1. The van der Waals surface area contributed by atoms with E-state index in [0.29, 0.717) is 29.4 Å². The van der Waals surface area contributed by atoms with Gasteiger partial charge in [-0.1, -0.05) is 28.9 Å². The first-order valence-electron chi connectivity index (χ1n) is 6.75. The van der Waals surface area contributed by atoms with Crippen molar-refractivity contribution in [1.82, 2.24) is 10.1 Å². The lowest BCUT2D eigenvalue weighted by molar-refractivity contribution is 0.272. The monoisotopic (exact) mass is 293 g/mol. The molecular weight excluding hydrogens is 278 g/mol. The number of aliphatic hydroxyl groups is 1. The molecule has 0 amide bonds. The Morgan fingerprint density at radius 1 is 1.40 bits per heavy atom. The molecule has 0 aliphatic heterocycles. The highest BCUT2D eigenvalue weighted by Crippen LogP contribution is 2.30. The van der Waals surface area contributed by atoms with Gasteiger partial charge in [0.15, 0.2) is 0 Å². The molecule has 1 aromatic heterocycles. The summed E-state index contributed by atoms with van der Waals surface area (Å²) in [4.78, 5) is 6.41. The zero-order valence-corrected chi connectivity index (χ0v) is 11.8. The summed E-state index contributed by atoms with van der Waals surface area (Å²) in [5, 5.41) is 13.8. The van der Waals surface area contributed by atoms with Gasteiger partial charge in [0.25, 0.3) is 0 Å². The second-order valence-corrected chi connectivity index (χ2v) is 5.35. The van der Waals surface area contributed by atoms with Crippen LogP contribution in [0.3, 0.4) is 0 Å². The summed E-state index contributed by atoms with van der Waals surface area (Å²) in [5.74, 6) is 0.518. The van der Waals surface area contributed by atoms with Crippen molar-refractivity contribution in [3.63, 3.8) is 0 Å². The van der Waals surface area contributed by atoms with Crippen molar-refractivity contribution >= 4 is 17.6 Å². The molecule has 1 heterocycles. The number of aliphatic hydroxyl groups excluding tert-OH is 1. The van der Waals surface area contributed by atoms with Crippen molar-refractivity contribution in [1.29, 1.82) is 0 Å². The highest BCUT2D eigenvalue weighted by atomic mass is 35.5. The number of halogens is 1. The zero-order valence-electron chi connectivity index (χ0n) is 11.0. The largest absolute Gasteiger partial charge is 0.395 e. The Labute approximate surface area is 122 Å². The predicted octanol–water partition coefficient (Wildman–Crippen LogP) is 2.74. The van der Waals surface area contributed by atoms with E-state index in [1.54, 1.807) is 12.1 Å². The van der Waals surface area contributed by atoms with Crippen LogP contribution in [-0.2, 0) is 0 Å². The number of rotatable bonds is 5. The Bertz CT molecular complexity index is 583. The molecule has 1 aliphatic carbocycles. The van der Waals surface area contributed by atoms with Crippen molar-refractivity contribution in [3.8, 4) is 11.4 Å². The first-order chi connectivity index (χ1) is 9.78. The third-order valence-electron chi connectivity index (χ3n) is 3.60. The summed E-state index contributed by atoms with van der Waals surface area (Å²) in [6.07, 6.45) is 3.42. The zero-order chi connectivity index (χ0) is 13.9. The minimum Gasteiger partial charge on any atom is -0.395 e. The Hall–Kier alpha value is -1.59. The summed E-state index contributed by atoms with van der Waals surface area (Å²) in [6, 6.07) is 8.22.